The molecule has 2 aromatic carbocycles. The molecule has 0 spiro atoms. The molecule has 180 valence electrons. The first-order valence-corrected chi connectivity index (χ1v) is 13.3. The second kappa shape index (κ2) is 11.0. The van der Waals surface area contributed by atoms with Crippen LogP contribution in [0.4, 0.5) is 5.69 Å². The fraction of sp³-hybridized carbons (Fsp3) is 0.385. The van der Waals surface area contributed by atoms with Gasteiger partial charge in [0.1, 0.15) is 6.04 Å². The number of piperidine rings is 1. The quantitative estimate of drug-likeness (QED) is 0.451. The highest BCUT2D eigenvalue weighted by Gasteiger charge is 2.30. The van der Waals surface area contributed by atoms with Gasteiger partial charge in [-0.15, -0.1) is 0 Å². The van der Waals surface area contributed by atoms with Crippen molar-refractivity contribution in [2.75, 3.05) is 25.0 Å². The van der Waals surface area contributed by atoms with E-state index in [1.54, 1.807) is 30.6 Å². The van der Waals surface area contributed by atoms with Gasteiger partial charge in [0.25, 0.3) is 0 Å². The summed E-state index contributed by atoms with van der Waals surface area (Å²) in [5.41, 5.74) is 0.944. The van der Waals surface area contributed by atoms with E-state index in [-0.39, 0.29) is 10.8 Å². The third-order valence-electron chi connectivity index (χ3n) is 6.40. The largest absolute Gasteiger partial charge is 0.385 e. The van der Waals surface area contributed by atoms with E-state index in [0.29, 0.717) is 38.4 Å². The van der Waals surface area contributed by atoms with E-state index < -0.39 is 16.1 Å². The van der Waals surface area contributed by atoms with Crippen LogP contribution in [0.2, 0.25) is 0 Å². The third kappa shape index (κ3) is 6.12. The average molecular weight is 481 g/mol. The molecule has 3 aromatic rings. The number of hydrogen-bond donors (Lipinski definition) is 2. The zero-order chi connectivity index (χ0) is 24.0. The predicted molar refractivity (Wildman–Crippen MR) is 135 cm³/mol. The average Bonchev–Trinajstić information content (AvgIpc) is 2.86. The molecule has 0 radical (unpaired) electrons. The summed E-state index contributed by atoms with van der Waals surface area (Å²) in [6, 6.07) is 15.6. The molecule has 1 unspecified atom stereocenters. The van der Waals surface area contributed by atoms with Crippen molar-refractivity contribution in [2.45, 2.75) is 43.5 Å². The number of sulfonamides is 1. The number of benzene rings is 2. The summed E-state index contributed by atoms with van der Waals surface area (Å²) >= 11 is 0. The van der Waals surface area contributed by atoms with E-state index in [1.165, 1.54) is 0 Å². The van der Waals surface area contributed by atoms with E-state index in [4.69, 9.17) is 0 Å². The lowest BCUT2D eigenvalue weighted by atomic mass is 9.98. The van der Waals surface area contributed by atoms with Crippen molar-refractivity contribution in [3.63, 3.8) is 0 Å². The van der Waals surface area contributed by atoms with E-state index in [1.807, 2.05) is 41.3 Å². The number of carbonyl (C=O) groups is 1. The molecule has 1 aliphatic heterocycles. The van der Waals surface area contributed by atoms with Crippen LogP contribution in [-0.2, 0) is 14.8 Å². The Labute approximate surface area is 201 Å². The van der Waals surface area contributed by atoms with Crippen molar-refractivity contribution in [3.8, 4) is 0 Å². The van der Waals surface area contributed by atoms with Crippen molar-refractivity contribution in [3.05, 3.63) is 67.0 Å². The number of likely N-dealkylation sites (tertiary alicyclic amines) is 1. The van der Waals surface area contributed by atoms with Crippen LogP contribution in [-0.4, -0.2) is 49.9 Å². The maximum atomic E-state index is 13.4. The van der Waals surface area contributed by atoms with Gasteiger partial charge in [-0.05, 0) is 66.6 Å². The molecule has 1 fully saturated rings. The molecule has 0 saturated carbocycles. The molecule has 2 N–H and O–H groups in total. The Morgan fingerprint density at radius 2 is 1.76 bits per heavy atom. The zero-order valence-electron chi connectivity index (χ0n) is 19.5. The molecule has 0 bridgehead atoms. The van der Waals surface area contributed by atoms with E-state index in [2.05, 4.69) is 21.9 Å². The van der Waals surface area contributed by atoms with Crippen LogP contribution in [0.5, 0.6) is 0 Å². The summed E-state index contributed by atoms with van der Waals surface area (Å²) < 4.78 is 29.3. The van der Waals surface area contributed by atoms with Crippen LogP contribution >= 0.6 is 0 Å². The van der Waals surface area contributed by atoms with Crippen LogP contribution in [0.15, 0.2) is 71.9 Å². The first kappa shape index (κ1) is 24.2. The molecular weight excluding hydrogens is 448 g/mol. The van der Waals surface area contributed by atoms with Gasteiger partial charge >= 0.3 is 0 Å². The number of hydrogen-bond acceptors (Lipinski definition) is 5. The van der Waals surface area contributed by atoms with Gasteiger partial charge in [0.2, 0.25) is 15.9 Å². The smallest absolute Gasteiger partial charge is 0.241 e. The summed E-state index contributed by atoms with van der Waals surface area (Å²) in [5.74, 6) is 0.446. The van der Waals surface area contributed by atoms with Crippen molar-refractivity contribution in [1.29, 1.82) is 0 Å². The predicted octanol–water partition coefficient (Wildman–Crippen LogP) is 4.03. The minimum Gasteiger partial charge on any atom is -0.385 e. The summed E-state index contributed by atoms with van der Waals surface area (Å²) in [6.45, 7) is 4.15. The number of aromatic nitrogens is 1. The van der Waals surface area contributed by atoms with Gasteiger partial charge in [-0.3, -0.25) is 9.78 Å². The molecule has 1 amide bonds. The molecule has 7 nitrogen and oxygen atoms in total. The summed E-state index contributed by atoms with van der Waals surface area (Å²) in [5, 5.41) is 5.11. The molecular formula is C26H32N4O3S. The van der Waals surface area contributed by atoms with Gasteiger partial charge in [0.05, 0.1) is 4.90 Å². The van der Waals surface area contributed by atoms with Gasteiger partial charge in [-0.2, -0.15) is 4.72 Å². The Morgan fingerprint density at radius 3 is 2.50 bits per heavy atom. The molecule has 4 rings (SSSR count). The highest BCUT2D eigenvalue weighted by Crippen LogP contribution is 2.21. The van der Waals surface area contributed by atoms with Crippen LogP contribution in [0, 0.1) is 5.92 Å². The lowest BCUT2D eigenvalue weighted by Crippen LogP contribution is -2.50. The Kier molecular flexibility index (Phi) is 7.80. The van der Waals surface area contributed by atoms with Gasteiger partial charge in [0.15, 0.2) is 0 Å². The number of anilines is 1. The van der Waals surface area contributed by atoms with E-state index in [9.17, 15) is 13.2 Å². The van der Waals surface area contributed by atoms with Gasteiger partial charge < -0.3 is 10.2 Å². The van der Waals surface area contributed by atoms with Crippen LogP contribution in [0.25, 0.3) is 10.8 Å². The SMILES string of the molecule is CC1CCN(C(=O)C(CCCNc2ccncc2)NS(=O)(=O)c2ccc3ccccc3c2)CC1. The second-order valence-electron chi connectivity index (χ2n) is 9.00. The first-order chi connectivity index (χ1) is 16.4. The molecule has 2 heterocycles. The minimum atomic E-state index is -3.86. The van der Waals surface area contributed by atoms with Crippen molar-refractivity contribution in [1.82, 2.24) is 14.6 Å². The first-order valence-electron chi connectivity index (χ1n) is 11.9. The maximum Gasteiger partial charge on any atom is 0.241 e. The highest BCUT2D eigenvalue weighted by atomic mass is 32.2. The number of amides is 1. The minimum absolute atomic E-state index is 0.139. The normalized spacial score (nSPS) is 15.9. The standard InChI is InChI=1S/C26H32N4O3S/c1-20-12-17-30(18-13-20)26(31)25(7-4-14-28-23-10-15-27-16-11-23)29-34(32,33)24-9-8-21-5-2-3-6-22(21)19-24/h2-3,5-6,8-11,15-16,19-20,25,29H,4,7,12-14,17-18H2,1H3,(H,27,28). The van der Waals surface area contributed by atoms with Crippen LogP contribution in [0.3, 0.4) is 0 Å². The Bertz CT molecular complexity index is 1210. The topological polar surface area (TPSA) is 91.4 Å². The fourth-order valence-electron chi connectivity index (χ4n) is 4.28. The van der Waals surface area contributed by atoms with E-state index in [0.717, 1.165) is 29.3 Å². The molecule has 1 atom stereocenters. The van der Waals surface area contributed by atoms with Crippen molar-refractivity contribution in [2.24, 2.45) is 5.92 Å². The van der Waals surface area contributed by atoms with E-state index >= 15 is 0 Å². The van der Waals surface area contributed by atoms with Crippen LogP contribution in [0.1, 0.15) is 32.6 Å². The monoisotopic (exact) mass is 480 g/mol. The summed E-state index contributed by atoms with van der Waals surface area (Å²) in [6.07, 6.45) is 6.37. The molecule has 0 aliphatic carbocycles. The molecule has 34 heavy (non-hydrogen) atoms. The Hall–Kier alpha value is -2.97. The summed E-state index contributed by atoms with van der Waals surface area (Å²) in [4.78, 5) is 19.3. The van der Waals surface area contributed by atoms with Gasteiger partial charge in [0, 0.05) is 37.7 Å². The molecule has 1 aromatic heterocycles. The zero-order valence-corrected chi connectivity index (χ0v) is 20.3. The Balaban J connectivity index is 1.47. The highest BCUT2D eigenvalue weighted by molar-refractivity contribution is 7.89. The summed E-state index contributed by atoms with van der Waals surface area (Å²) in [7, 11) is -3.86. The van der Waals surface area contributed by atoms with Gasteiger partial charge in [-0.25, -0.2) is 8.42 Å². The number of carbonyl (C=O) groups excluding carboxylic acids is 1. The number of nitrogens with zero attached hydrogens (tertiary/aromatic N) is 2. The molecule has 1 saturated heterocycles. The third-order valence-corrected chi connectivity index (χ3v) is 7.87. The van der Waals surface area contributed by atoms with Crippen molar-refractivity contribution < 1.29 is 13.2 Å². The number of fused-ring (bicyclic) bond motifs is 1. The van der Waals surface area contributed by atoms with Gasteiger partial charge in [-0.1, -0.05) is 37.3 Å². The number of pyridine rings is 1. The lowest BCUT2D eigenvalue weighted by molar-refractivity contribution is -0.134. The number of rotatable bonds is 9. The number of nitrogens with one attached hydrogen (secondary N) is 2. The van der Waals surface area contributed by atoms with Crippen LogP contribution < -0.4 is 10.0 Å². The van der Waals surface area contributed by atoms with Crippen molar-refractivity contribution >= 4 is 32.4 Å². The second-order valence-corrected chi connectivity index (χ2v) is 10.7. The maximum absolute atomic E-state index is 13.4. The molecule has 1 aliphatic rings. The Morgan fingerprint density at radius 1 is 1.06 bits per heavy atom. The lowest BCUT2D eigenvalue weighted by Gasteiger charge is -2.33. The molecule has 8 heteroatoms. The fourth-order valence-corrected chi connectivity index (χ4v) is 5.54.